The predicted molar refractivity (Wildman–Crippen MR) is 95.4 cm³/mol. The Kier molecular flexibility index (Phi) is 3.38. The van der Waals surface area contributed by atoms with Gasteiger partial charge in [-0.15, -0.1) is 11.3 Å². The highest BCUT2D eigenvalue weighted by Gasteiger charge is 2.30. The maximum Gasteiger partial charge on any atom is 0.282 e. The standard InChI is InChI=1S/C19H16N2O3S/c22-19(18-20-14-3-1-2-4-17(14)25-18)21-8-7-13(10-21)12-5-6-15-16(9-12)24-11-23-15/h1-6,9,13H,7-8,10-11H2/t13-/m0/s1. The highest BCUT2D eigenvalue weighted by atomic mass is 32.1. The van der Waals surface area contributed by atoms with Crippen LogP contribution in [0.2, 0.25) is 0 Å². The van der Waals surface area contributed by atoms with Crippen LogP contribution in [0.25, 0.3) is 10.2 Å². The fourth-order valence-corrected chi connectivity index (χ4v) is 4.42. The van der Waals surface area contributed by atoms with Crippen LogP contribution in [0.15, 0.2) is 42.5 Å². The highest BCUT2D eigenvalue weighted by molar-refractivity contribution is 7.20. The van der Waals surface area contributed by atoms with Gasteiger partial charge in [-0.3, -0.25) is 4.79 Å². The van der Waals surface area contributed by atoms with Gasteiger partial charge in [0.1, 0.15) is 0 Å². The van der Waals surface area contributed by atoms with Crippen molar-refractivity contribution < 1.29 is 14.3 Å². The zero-order valence-electron chi connectivity index (χ0n) is 13.5. The van der Waals surface area contributed by atoms with Gasteiger partial charge in [0, 0.05) is 19.0 Å². The average Bonchev–Trinajstić information content (AvgIpc) is 3.38. The highest BCUT2D eigenvalue weighted by Crippen LogP contribution is 2.37. The molecule has 1 amide bonds. The van der Waals surface area contributed by atoms with Crippen LogP contribution in [0.5, 0.6) is 11.5 Å². The van der Waals surface area contributed by atoms with E-state index in [0.29, 0.717) is 17.5 Å². The summed E-state index contributed by atoms with van der Waals surface area (Å²) in [5.41, 5.74) is 2.09. The van der Waals surface area contributed by atoms with E-state index in [2.05, 4.69) is 11.1 Å². The number of carbonyl (C=O) groups excluding carboxylic acids is 1. The molecule has 2 aliphatic rings. The Bertz CT molecular complexity index is 935. The third-order valence-electron chi connectivity index (χ3n) is 4.82. The van der Waals surface area contributed by atoms with Crippen molar-refractivity contribution in [3.63, 3.8) is 0 Å². The third kappa shape index (κ3) is 2.53. The zero-order valence-corrected chi connectivity index (χ0v) is 14.3. The molecule has 5 nitrogen and oxygen atoms in total. The molecule has 0 bridgehead atoms. The summed E-state index contributed by atoms with van der Waals surface area (Å²) in [5.74, 6) is 1.95. The molecule has 1 saturated heterocycles. The molecule has 2 aliphatic heterocycles. The van der Waals surface area contributed by atoms with Crippen molar-refractivity contribution in [3.05, 3.63) is 53.0 Å². The number of thiazole rings is 1. The van der Waals surface area contributed by atoms with Crippen molar-refractivity contribution in [1.29, 1.82) is 0 Å². The Balaban J connectivity index is 1.35. The van der Waals surface area contributed by atoms with Crippen LogP contribution in [0, 0.1) is 0 Å². The van der Waals surface area contributed by atoms with E-state index in [0.717, 1.165) is 34.7 Å². The van der Waals surface area contributed by atoms with Gasteiger partial charge in [-0.2, -0.15) is 0 Å². The van der Waals surface area contributed by atoms with E-state index in [9.17, 15) is 4.79 Å². The Labute approximate surface area is 148 Å². The van der Waals surface area contributed by atoms with Gasteiger partial charge in [0.25, 0.3) is 5.91 Å². The van der Waals surface area contributed by atoms with Crippen molar-refractivity contribution >= 4 is 27.5 Å². The number of ether oxygens (including phenoxy) is 2. The number of aromatic nitrogens is 1. The van der Waals surface area contributed by atoms with Crippen LogP contribution in [-0.4, -0.2) is 35.7 Å². The van der Waals surface area contributed by atoms with E-state index in [1.165, 1.54) is 16.9 Å². The molecule has 0 radical (unpaired) electrons. The van der Waals surface area contributed by atoms with Crippen LogP contribution in [-0.2, 0) is 0 Å². The molecule has 25 heavy (non-hydrogen) atoms. The lowest BCUT2D eigenvalue weighted by Gasteiger charge is -2.15. The van der Waals surface area contributed by atoms with Crippen LogP contribution >= 0.6 is 11.3 Å². The molecule has 5 rings (SSSR count). The quantitative estimate of drug-likeness (QED) is 0.706. The molecule has 126 valence electrons. The Hall–Kier alpha value is -2.60. The van der Waals surface area contributed by atoms with Gasteiger partial charge in [0.15, 0.2) is 16.5 Å². The van der Waals surface area contributed by atoms with Gasteiger partial charge < -0.3 is 14.4 Å². The van der Waals surface area contributed by atoms with Gasteiger partial charge in [-0.1, -0.05) is 18.2 Å². The Morgan fingerprint density at radius 1 is 1.16 bits per heavy atom. The van der Waals surface area contributed by atoms with Crippen LogP contribution in [0.4, 0.5) is 0 Å². The first-order valence-electron chi connectivity index (χ1n) is 8.32. The lowest BCUT2D eigenvalue weighted by Crippen LogP contribution is -2.28. The van der Waals surface area contributed by atoms with Gasteiger partial charge in [0.2, 0.25) is 6.79 Å². The summed E-state index contributed by atoms with van der Waals surface area (Å²) < 4.78 is 11.9. The van der Waals surface area contributed by atoms with Crippen molar-refractivity contribution in [1.82, 2.24) is 9.88 Å². The first-order chi connectivity index (χ1) is 12.3. The number of carbonyl (C=O) groups is 1. The number of fused-ring (bicyclic) bond motifs is 2. The van der Waals surface area contributed by atoms with E-state index in [4.69, 9.17) is 9.47 Å². The summed E-state index contributed by atoms with van der Waals surface area (Å²) in [6.45, 7) is 1.76. The van der Waals surface area contributed by atoms with Crippen LogP contribution in [0.1, 0.15) is 27.7 Å². The minimum atomic E-state index is 0.0319. The third-order valence-corrected chi connectivity index (χ3v) is 5.84. The molecule has 1 aromatic heterocycles. The van der Waals surface area contributed by atoms with Gasteiger partial charge in [-0.05, 0) is 36.2 Å². The summed E-state index contributed by atoms with van der Waals surface area (Å²) in [7, 11) is 0. The van der Waals surface area contributed by atoms with E-state index in [1.54, 1.807) is 0 Å². The second kappa shape index (κ2) is 5.74. The number of para-hydroxylation sites is 1. The van der Waals surface area contributed by atoms with Crippen molar-refractivity contribution in [2.45, 2.75) is 12.3 Å². The van der Waals surface area contributed by atoms with Crippen LogP contribution < -0.4 is 9.47 Å². The Morgan fingerprint density at radius 3 is 2.96 bits per heavy atom. The molecule has 0 N–H and O–H groups in total. The van der Waals surface area contributed by atoms with Crippen molar-refractivity contribution in [2.75, 3.05) is 19.9 Å². The number of hydrogen-bond acceptors (Lipinski definition) is 5. The van der Waals surface area contributed by atoms with Crippen LogP contribution in [0.3, 0.4) is 0 Å². The molecule has 0 aliphatic carbocycles. The molecule has 1 fully saturated rings. The van der Waals surface area contributed by atoms with Gasteiger partial charge in [-0.25, -0.2) is 4.98 Å². The summed E-state index contributed by atoms with van der Waals surface area (Å²) in [5, 5.41) is 0.576. The molecule has 1 atom stereocenters. The van der Waals surface area contributed by atoms with E-state index in [-0.39, 0.29) is 12.7 Å². The summed E-state index contributed by atoms with van der Waals surface area (Å²) >= 11 is 1.47. The predicted octanol–water partition coefficient (Wildman–Crippen LogP) is 3.65. The number of rotatable bonds is 2. The summed E-state index contributed by atoms with van der Waals surface area (Å²) in [6, 6.07) is 13.9. The molecular formula is C19H16N2O3S. The number of hydrogen-bond donors (Lipinski definition) is 0. The minimum Gasteiger partial charge on any atom is -0.454 e. The normalized spacial score (nSPS) is 18.9. The van der Waals surface area contributed by atoms with E-state index >= 15 is 0 Å². The fraction of sp³-hybridized carbons (Fsp3) is 0.263. The molecule has 0 unspecified atom stereocenters. The van der Waals surface area contributed by atoms with Crippen molar-refractivity contribution in [3.8, 4) is 11.5 Å². The van der Waals surface area contributed by atoms with E-state index < -0.39 is 0 Å². The topological polar surface area (TPSA) is 51.7 Å². The average molecular weight is 352 g/mol. The minimum absolute atomic E-state index is 0.0319. The summed E-state index contributed by atoms with van der Waals surface area (Å²) in [6.07, 6.45) is 0.955. The number of amides is 1. The number of benzene rings is 2. The molecule has 3 heterocycles. The SMILES string of the molecule is O=C(c1nc2ccccc2s1)N1CC[C@H](c2ccc3c(c2)OCO3)C1. The zero-order chi connectivity index (χ0) is 16.8. The monoisotopic (exact) mass is 352 g/mol. The summed E-state index contributed by atoms with van der Waals surface area (Å²) in [4.78, 5) is 19.2. The largest absolute Gasteiger partial charge is 0.454 e. The number of likely N-dealkylation sites (tertiary alicyclic amines) is 1. The molecular weight excluding hydrogens is 336 g/mol. The van der Waals surface area contributed by atoms with Gasteiger partial charge >= 0.3 is 0 Å². The first-order valence-corrected chi connectivity index (χ1v) is 9.14. The molecule has 0 saturated carbocycles. The lowest BCUT2D eigenvalue weighted by atomic mass is 9.98. The number of nitrogens with zero attached hydrogens (tertiary/aromatic N) is 2. The first kappa shape index (κ1) is 14.7. The Morgan fingerprint density at radius 2 is 2.04 bits per heavy atom. The van der Waals surface area contributed by atoms with Crippen molar-refractivity contribution in [2.24, 2.45) is 0 Å². The second-order valence-electron chi connectivity index (χ2n) is 6.34. The maximum absolute atomic E-state index is 12.8. The lowest BCUT2D eigenvalue weighted by molar-refractivity contribution is 0.0790. The maximum atomic E-state index is 12.8. The molecule has 6 heteroatoms. The molecule has 2 aromatic carbocycles. The van der Waals surface area contributed by atoms with Gasteiger partial charge in [0.05, 0.1) is 10.2 Å². The molecule has 0 spiro atoms. The second-order valence-corrected chi connectivity index (χ2v) is 7.37. The fourth-order valence-electron chi connectivity index (χ4n) is 3.48. The molecule has 3 aromatic rings. The smallest absolute Gasteiger partial charge is 0.282 e. The van der Waals surface area contributed by atoms with E-state index in [1.807, 2.05) is 41.3 Å².